The summed E-state index contributed by atoms with van der Waals surface area (Å²) < 4.78 is 4.77. The van der Waals surface area contributed by atoms with Crippen LogP contribution in [0.25, 0.3) is 0 Å². The minimum Gasteiger partial charge on any atom is -0.469 e. The Morgan fingerprint density at radius 3 is 2.31 bits per heavy atom. The maximum Gasteiger partial charge on any atom is 0.308 e. The molecule has 0 aliphatic heterocycles. The van der Waals surface area contributed by atoms with Gasteiger partial charge in [0.1, 0.15) is 0 Å². The molecule has 1 fully saturated rings. The van der Waals surface area contributed by atoms with Gasteiger partial charge in [-0.15, -0.1) is 0 Å². The van der Waals surface area contributed by atoms with Crippen molar-refractivity contribution in [3.8, 4) is 0 Å². The van der Waals surface area contributed by atoms with Crippen LogP contribution in [0.3, 0.4) is 0 Å². The van der Waals surface area contributed by atoms with E-state index in [2.05, 4.69) is 19.6 Å². The fourth-order valence-corrected chi connectivity index (χ4v) is 4.17. The lowest BCUT2D eigenvalue weighted by Gasteiger charge is -2.24. The second-order valence-corrected chi connectivity index (χ2v) is 10.6. The first-order valence-corrected chi connectivity index (χ1v) is 8.60. The molecule has 13 heavy (non-hydrogen) atoms. The molecular formula is C10H20O2Si. The monoisotopic (exact) mass is 200 g/mol. The number of ether oxygens (including phenoxy) is 1. The van der Waals surface area contributed by atoms with Crippen molar-refractivity contribution in [2.24, 2.45) is 5.92 Å². The largest absolute Gasteiger partial charge is 0.469 e. The van der Waals surface area contributed by atoms with Gasteiger partial charge in [-0.1, -0.05) is 26.1 Å². The summed E-state index contributed by atoms with van der Waals surface area (Å²) in [5, 5.41) is 0. The van der Waals surface area contributed by atoms with Crippen LogP contribution in [0.4, 0.5) is 0 Å². The lowest BCUT2D eigenvalue weighted by molar-refractivity contribution is -0.145. The van der Waals surface area contributed by atoms with E-state index in [1.54, 1.807) is 0 Å². The highest BCUT2D eigenvalue weighted by Crippen LogP contribution is 2.42. The molecule has 0 bridgehead atoms. The standard InChI is InChI=1S/C10H20O2Si/c1-12-10(11)8-5-6-9(7-8)13(2,3)4/h8-9H,5-7H2,1-4H3/t8?,9-/m1/s1. The lowest BCUT2D eigenvalue weighted by Crippen LogP contribution is -2.27. The molecule has 1 unspecified atom stereocenters. The summed E-state index contributed by atoms with van der Waals surface area (Å²) >= 11 is 0. The third kappa shape index (κ3) is 2.56. The van der Waals surface area contributed by atoms with Crippen LogP contribution in [0.15, 0.2) is 0 Å². The van der Waals surface area contributed by atoms with E-state index in [9.17, 15) is 4.79 Å². The summed E-state index contributed by atoms with van der Waals surface area (Å²) in [4.78, 5) is 11.3. The number of hydrogen-bond acceptors (Lipinski definition) is 2. The van der Waals surface area contributed by atoms with Crippen LogP contribution in [0.2, 0.25) is 25.2 Å². The molecular weight excluding hydrogens is 180 g/mol. The number of carbonyl (C=O) groups is 1. The van der Waals surface area contributed by atoms with Crippen LogP contribution >= 0.6 is 0 Å². The molecule has 2 atom stereocenters. The second kappa shape index (κ2) is 3.82. The molecule has 0 aromatic carbocycles. The molecule has 0 saturated heterocycles. The molecule has 2 nitrogen and oxygen atoms in total. The average Bonchev–Trinajstić information content (AvgIpc) is 2.50. The normalized spacial score (nSPS) is 28.9. The predicted octanol–water partition coefficient (Wildman–Crippen LogP) is 2.67. The van der Waals surface area contributed by atoms with E-state index in [4.69, 9.17) is 4.74 Å². The van der Waals surface area contributed by atoms with Crippen molar-refractivity contribution >= 4 is 14.0 Å². The molecule has 0 aromatic rings. The van der Waals surface area contributed by atoms with Crippen molar-refractivity contribution in [1.29, 1.82) is 0 Å². The molecule has 0 amide bonds. The fourth-order valence-electron chi connectivity index (χ4n) is 2.15. The lowest BCUT2D eigenvalue weighted by atomic mass is 10.1. The molecule has 0 heterocycles. The minimum atomic E-state index is -1.03. The maximum atomic E-state index is 11.3. The van der Waals surface area contributed by atoms with Gasteiger partial charge in [0.25, 0.3) is 0 Å². The number of methoxy groups -OCH3 is 1. The zero-order chi connectivity index (χ0) is 10.1. The summed E-state index contributed by atoms with van der Waals surface area (Å²) in [6, 6.07) is 0. The number of rotatable bonds is 2. The summed E-state index contributed by atoms with van der Waals surface area (Å²) in [5.74, 6) is 0.197. The second-order valence-electron chi connectivity index (χ2n) is 5.10. The maximum absolute atomic E-state index is 11.3. The summed E-state index contributed by atoms with van der Waals surface area (Å²) in [6.07, 6.45) is 3.35. The molecule has 0 aromatic heterocycles. The molecule has 3 heteroatoms. The van der Waals surface area contributed by atoms with Gasteiger partial charge in [0.15, 0.2) is 0 Å². The first kappa shape index (κ1) is 10.8. The van der Waals surface area contributed by atoms with Crippen LogP contribution in [-0.4, -0.2) is 21.2 Å². The van der Waals surface area contributed by atoms with Crippen LogP contribution in [-0.2, 0) is 9.53 Å². The molecule has 1 rings (SSSR count). The molecule has 1 aliphatic carbocycles. The summed E-state index contributed by atoms with van der Waals surface area (Å²) in [6.45, 7) is 7.16. The SMILES string of the molecule is COC(=O)C1CC[C@@H]([Si](C)(C)C)C1. The summed E-state index contributed by atoms with van der Waals surface area (Å²) in [7, 11) is 0.458. The number of carbonyl (C=O) groups excluding carboxylic acids is 1. The number of esters is 1. The van der Waals surface area contributed by atoms with Gasteiger partial charge in [-0.2, -0.15) is 0 Å². The van der Waals surface area contributed by atoms with Gasteiger partial charge in [0.05, 0.1) is 13.0 Å². The highest BCUT2D eigenvalue weighted by atomic mass is 28.3. The van der Waals surface area contributed by atoms with Gasteiger partial charge in [-0.25, -0.2) is 0 Å². The Morgan fingerprint density at radius 1 is 1.31 bits per heavy atom. The number of hydrogen-bond donors (Lipinski definition) is 0. The molecule has 0 N–H and O–H groups in total. The topological polar surface area (TPSA) is 26.3 Å². The Morgan fingerprint density at radius 2 is 1.92 bits per heavy atom. The highest BCUT2D eigenvalue weighted by molar-refractivity contribution is 6.77. The van der Waals surface area contributed by atoms with Crippen LogP contribution in [0, 0.1) is 5.92 Å². The van der Waals surface area contributed by atoms with Crippen molar-refractivity contribution in [3.63, 3.8) is 0 Å². The fraction of sp³-hybridized carbons (Fsp3) is 0.900. The van der Waals surface area contributed by atoms with Gasteiger partial charge < -0.3 is 4.74 Å². The van der Waals surface area contributed by atoms with Crippen LogP contribution in [0.1, 0.15) is 19.3 Å². The Balaban J connectivity index is 2.50. The predicted molar refractivity (Wildman–Crippen MR) is 56.5 cm³/mol. The van der Waals surface area contributed by atoms with Crippen molar-refractivity contribution in [1.82, 2.24) is 0 Å². The average molecular weight is 200 g/mol. The van der Waals surface area contributed by atoms with E-state index in [-0.39, 0.29) is 11.9 Å². The van der Waals surface area contributed by atoms with Crippen molar-refractivity contribution < 1.29 is 9.53 Å². The van der Waals surface area contributed by atoms with Gasteiger partial charge in [0.2, 0.25) is 0 Å². The van der Waals surface area contributed by atoms with E-state index < -0.39 is 8.07 Å². The first-order valence-electron chi connectivity index (χ1n) is 5.03. The molecule has 0 spiro atoms. The molecule has 76 valence electrons. The van der Waals surface area contributed by atoms with E-state index in [1.807, 2.05) is 0 Å². The smallest absolute Gasteiger partial charge is 0.308 e. The minimum absolute atomic E-state index is 0.000694. The Labute approximate surface area is 81.7 Å². The van der Waals surface area contributed by atoms with Gasteiger partial charge in [0, 0.05) is 8.07 Å². The summed E-state index contributed by atoms with van der Waals surface area (Å²) in [5.41, 5.74) is 0.816. The quantitative estimate of drug-likeness (QED) is 0.506. The Kier molecular flexibility index (Phi) is 3.17. The van der Waals surface area contributed by atoms with E-state index >= 15 is 0 Å². The van der Waals surface area contributed by atoms with Gasteiger partial charge >= 0.3 is 5.97 Å². The molecule has 1 saturated carbocycles. The zero-order valence-electron chi connectivity index (χ0n) is 9.09. The van der Waals surface area contributed by atoms with Gasteiger partial charge in [-0.05, 0) is 18.4 Å². The highest BCUT2D eigenvalue weighted by Gasteiger charge is 2.37. The molecule has 0 radical (unpaired) electrons. The first-order chi connectivity index (χ1) is 5.95. The van der Waals surface area contributed by atoms with Crippen LogP contribution in [0.5, 0.6) is 0 Å². The van der Waals surface area contributed by atoms with Crippen molar-refractivity contribution in [2.75, 3.05) is 7.11 Å². The van der Waals surface area contributed by atoms with E-state index in [0.717, 1.165) is 18.4 Å². The molecule has 1 aliphatic rings. The Hall–Kier alpha value is -0.313. The van der Waals surface area contributed by atoms with Crippen molar-refractivity contribution in [2.45, 2.75) is 44.4 Å². The van der Waals surface area contributed by atoms with Crippen molar-refractivity contribution in [3.05, 3.63) is 0 Å². The van der Waals surface area contributed by atoms with E-state index in [1.165, 1.54) is 13.5 Å². The third-order valence-corrected chi connectivity index (χ3v) is 6.17. The van der Waals surface area contributed by atoms with Gasteiger partial charge in [-0.3, -0.25) is 4.79 Å². The van der Waals surface area contributed by atoms with Crippen LogP contribution < -0.4 is 0 Å². The Bertz CT molecular complexity index is 196. The van der Waals surface area contributed by atoms with E-state index in [0.29, 0.717) is 0 Å². The third-order valence-electron chi connectivity index (χ3n) is 3.19. The zero-order valence-corrected chi connectivity index (χ0v) is 10.1.